The zero-order valence-electron chi connectivity index (χ0n) is 33.8. The molecule has 0 fully saturated rings. The topological polar surface area (TPSA) is 0 Å². The fraction of sp³-hybridized carbons (Fsp3) is 1.00. The Balaban J connectivity index is -0.00000968. The second kappa shape index (κ2) is 39.7. The summed E-state index contributed by atoms with van der Waals surface area (Å²) >= 11 is 0. The van der Waals surface area contributed by atoms with Crippen LogP contribution in [0.3, 0.4) is 0 Å². The highest BCUT2D eigenvalue weighted by molar-refractivity contribution is 4.52. The summed E-state index contributed by atoms with van der Waals surface area (Å²) in [6, 6.07) is 0. The molecule has 0 atom stereocenters. The van der Waals surface area contributed by atoms with Gasteiger partial charge in [-0.2, -0.15) is 0 Å². The molecule has 0 radical (unpaired) electrons. The van der Waals surface area contributed by atoms with Crippen LogP contribution in [0.25, 0.3) is 0 Å². The minimum absolute atomic E-state index is 0. The van der Waals surface area contributed by atoms with E-state index in [1.54, 1.807) is 0 Å². The van der Waals surface area contributed by atoms with Gasteiger partial charge in [0.2, 0.25) is 0 Å². The number of hydrogen-bond acceptors (Lipinski definition) is 0. The first-order valence-electron chi connectivity index (χ1n) is 21.5. The molecule has 0 heterocycles. The van der Waals surface area contributed by atoms with Crippen molar-refractivity contribution in [2.75, 3.05) is 54.4 Å². The van der Waals surface area contributed by atoms with Crippen LogP contribution in [0.1, 0.15) is 226 Å². The molecule has 2 nitrogen and oxygen atoms in total. The molecular weight excluding hydrogens is 704 g/mol. The lowest BCUT2D eigenvalue weighted by molar-refractivity contribution is -0.891. The van der Waals surface area contributed by atoms with Crippen molar-refractivity contribution in [2.45, 2.75) is 226 Å². The number of halogens is 2. The average molecular weight is 797 g/mol. The van der Waals surface area contributed by atoms with Gasteiger partial charge in [-0.1, -0.05) is 174 Å². The van der Waals surface area contributed by atoms with Gasteiger partial charge in [0.05, 0.1) is 54.4 Å². The monoisotopic (exact) mass is 795 g/mol. The predicted octanol–water partition coefficient (Wildman–Crippen LogP) is 8.06. The van der Waals surface area contributed by atoms with E-state index in [-0.39, 0.29) is 34.0 Å². The molecule has 47 heavy (non-hydrogen) atoms. The highest BCUT2D eigenvalue weighted by atomic mass is 79.9. The van der Waals surface area contributed by atoms with Gasteiger partial charge in [0.25, 0.3) is 0 Å². The normalized spacial score (nSPS) is 11.9. The molecule has 0 aromatic heterocycles. The molecule has 0 saturated carbocycles. The van der Waals surface area contributed by atoms with Crippen LogP contribution in [0.4, 0.5) is 0 Å². The van der Waals surface area contributed by atoms with Crippen LogP contribution in [-0.4, -0.2) is 63.3 Å². The zero-order chi connectivity index (χ0) is 33.2. The van der Waals surface area contributed by atoms with Gasteiger partial charge in [-0.05, 0) is 51.4 Å². The summed E-state index contributed by atoms with van der Waals surface area (Å²) < 4.78 is 2.47. The maximum atomic E-state index is 2.47. The van der Waals surface area contributed by atoms with Gasteiger partial charge in [-0.3, -0.25) is 0 Å². The van der Waals surface area contributed by atoms with Gasteiger partial charge < -0.3 is 42.9 Å². The van der Waals surface area contributed by atoms with Crippen molar-refractivity contribution in [1.82, 2.24) is 0 Å². The molecule has 0 spiro atoms. The maximum absolute atomic E-state index is 2.47. The van der Waals surface area contributed by atoms with Crippen molar-refractivity contribution >= 4 is 0 Å². The Labute approximate surface area is 321 Å². The third kappa shape index (κ3) is 43.0. The summed E-state index contributed by atoms with van der Waals surface area (Å²) in [5, 5.41) is 0. The average Bonchev–Trinajstić information content (AvgIpc) is 3.00. The van der Waals surface area contributed by atoms with E-state index in [0.29, 0.717) is 0 Å². The minimum Gasteiger partial charge on any atom is -1.00 e. The molecule has 0 aromatic carbocycles. The van der Waals surface area contributed by atoms with Crippen molar-refractivity contribution in [3.05, 3.63) is 0 Å². The predicted molar refractivity (Wildman–Crippen MR) is 207 cm³/mol. The van der Waals surface area contributed by atoms with Gasteiger partial charge >= 0.3 is 0 Å². The SMILES string of the molecule is CCCCCCCCCCCCCCCC[N+](C)(C)CCCCCCC[N+](C)(C)CCCCCCCCCCCCCCCC.[Br-].[Br-]. The number of quaternary nitrogens is 2. The number of unbranched alkanes of at least 4 members (excludes halogenated alkanes) is 30. The summed E-state index contributed by atoms with van der Waals surface area (Å²) in [6.07, 6.45) is 48.0. The summed E-state index contributed by atoms with van der Waals surface area (Å²) in [6.45, 7) is 10.1. The van der Waals surface area contributed by atoms with E-state index >= 15 is 0 Å². The summed E-state index contributed by atoms with van der Waals surface area (Å²) in [5.41, 5.74) is 0. The Morgan fingerprint density at radius 1 is 0.213 bits per heavy atom. The first-order valence-corrected chi connectivity index (χ1v) is 21.5. The summed E-state index contributed by atoms with van der Waals surface area (Å²) in [5.74, 6) is 0. The molecule has 0 unspecified atom stereocenters. The fourth-order valence-corrected chi connectivity index (χ4v) is 7.30. The van der Waals surface area contributed by atoms with Crippen molar-refractivity contribution in [3.63, 3.8) is 0 Å². The zero-order valence-corrected chi connectivity index (χ0v) is 37.0. The van der Waals surface area contributed by atoms with E-state index in [9.17, 15) is 0 Å². The fourth-order valence-electron chi connectivity index (χ4n) is 7.30. The molecule has 0 bridgehead atoms. The lowest BCUT2D eigenvalue weighted by Gasteiger charge is -2.30. The molecule has 0 saturated heterocycles. The molecule has 0 rings (SSSR count). The lowest BCUT2D eigenvalue weighted by atomic mass is 10.0. The molecule has 288 valence electrons. The quantitative estimate of drug-likeness (QED) is 0.0439. The number of hydrogen-bond donors (Lipinski definition) is 0. The van der Waals surface area contributed by atoms with E-state index in [4.69, 9.17) is 0 Å². The molecule has 4 heteroatoms. The Morgan fingerprint density at radius 3 is 0.489 bits per heavy atom. The second-order valence-corrected chi connectivity index (χ2v) is 16.7. The van der Waals surface area contributed by atoms with Crippen LogP contribution >= 0.6 is 0 Å². The lowest BCUT2D eigenvalue weighted by Crippen LogP contribution is -3.00. The smallest absolute Gasteiger partial charge is 0.0782 e. The van der Waals surface area contributed by atoms with Gasteiger partial charge in [0, 0.05) is 0 Å². The highest BCUT2D eigenvalue weighted by Gasteiger charge is 2.15. The standard InChI is InChI=1S/C43H92N2.2BrH/c1-7-9-11-13-15-17-19-21-23-25-27-29-32-36-40-44(3,4)42-38-34-31-35-39-43-45(5,6)41-37-33-30-28-26-24-22-20-18-16-14-12-10-8-2;;/h7-43H2,1-6H3;2*1H/q+2;;/p-2. The van der Waals surface area contributed by atoms with Crippen LogP contribution in [0.5, 0.6) is 0 Å². The summed E-state index contributed by atoms with van der Waals surface area (Å²) in [7, 11) is 9.89. The van der Waals surface area contributed by atoms with Gasteiger partial charge in [0.15, 0.2) is 0 Å². The third-order valence-corrected chi connectivity index (χ3v) is 10.8. The Hall–Kier alpha value is 0.880. The number of rotatable bonds is 38. The Morgan fingerprint density at radius 2 is 0.340 bits per heavy atom. The van der Waals surface area contributed by atoms with Crippen LogP contribution in [-0.2, 0) is 0 Å². The first kappa shape index (κ1) is 52.2. The van der Waals surface area contributed by atoms with Crippen molar-refractivity contribution in [1.29, 1.82) is 0 Å². The largest absolute Gasteiger partial charge is 1.00 e. The van der Waals surface area contributed by atoms with Crippen molar-refractivity contribution < 1.29 is 42.9 Å². The molecule has 0 aromatic rings. The highest BCUT2D eigenvalue weighted by Crippen LogP contribution is 2.16. The van der Waals surface area contributed by atoms with Crippen LogP contribution in [0.2, 0.25) is 0 Å². The first-order chi connectivity index (χ1) is 21.8. The van der Waals surface area contributed by atoms with Crippen LogP contribution < -0.4 is 34.0 Å². The van der Waals surface area contributed by atoms with E-state index in [0.717, 1.165) is 0 Å². The maximum Gasteiger partial charge on any atom is 0.0782 e. The van der Waals surface area contributed by atoms with Gasteiger partial charge in [0.1, 0.15) is 0 Å². The van der Waals surface area contributed by atoms with Crippen LogP contribution in [0, 0.1) is 0 Å². The minimum atomic E-state index is 0. The molecular formula is C43H92Br2N2. The van der Waals surface area contributed by atoms with E-state index in [1.165, 1.54) is 247 Å². The van der Waals surface area contributed by atoms with Crippen LogP contribution in [0.15, 0.2) is 0 Å². The van der Waals surface area contributed by atoms with Gasteiger partial charge in [-0.25, -0.2) is 0 Å². The molecule has 0 aliphatic rings. The van der Waals surface area contributed by atoms with E-state index in [2.05, 4.69) is 42.0 Å². The molecule has 0 aliphatic heterocycles. The third-order valence-electron chi connectivity index (χ3n) is 10.8. The second-order valence-electron chi connectivity index (χ2n) is 16.7. The Bertz CT molecular complexity index is 518. The summed E-state index contributed by atoms with van der Waals surface area (Å²) in [4.78, 5) is 0. The molecule has 0 aliphatic carbocycles. The van der Waals surface area contributed by atoms with E-state index < -0.39 is 0 Å². The van der Waals surface area contributed by atoms with Crippen molar-refractivity contribution in [2.24, 2.45) is 0 Å². The Kier molecular flexibility index (Phi) is 44.1. The van der Waals surface area contributed by atoms with Crippen molar-refractivity contribution in [3.8, 4) is 0 Å². The molecule has 0 N–H and O–H groups in total. The van der Waals surface area contributed by atoms with E-state index in [1.807, 2.05) is 0 Å². The van der Waals surface area contributed by atoms with Gasteiger partial charge in [-0.15, -0.1) is 0 Å². The molecule has 0 amide bonds. The number of nitrogens with zero attached hydrogens (tertiary/aromatic N) is 2.